The second kappa shape index (κ2) is 3.94. The maximum absolute atomic E-state index is 12.7. The van der Waals surface area contributed by atoms with Gasteiger partial charge in [-0.3, -0.25) is 0 Å². The molecule has 0 saturated carbocycles. The summed E-state index contributed by atoms with van der Waals surface area (Å²) in [5, 5.41) is 9.05. The molecule has 1 heterocycles. The number of alkyl halides is 3. The lowest BCUT2D eigenvalue weighted by molar-refractivity contribution is -0.138. The highest BCUT2D eigenvalue weighted by molar-refractivity contribution is 6.03. The van der Waals surface area contributed by atoms with Gasteiger partial charge in [0.2, 0.25) is 0 Å². The molecule has 2 rings (SSSR count). The number of rotatable bonds is 2. The SMILES string of the molecule is COc1cc2c(C(=O)O)c[nH]c2cc1C(F)(F)F. The summed E-state index contributed by atoms with van der Waals surface area (Å²) in [6, 6.07) is 1.90. The number of carboxylic acid groups (broad SMARTS) is 1. The van der Waals surface area contributed by atoms with Crippen molar-refractivity contribution in [3.8, 4) is 5.75 Å². The quantitative estimate of drug-likeness (QED) is 0.871. The van der Waals surface area contributed by atoms with Gasteiger partial charge in [0.15, 0.2) is 0 Å². The van der Waals surface area contributed by atoms with Gasteiger partial charge in [-0.1, -0.05) is 0 Å². The minimum atomic E-state index is -4.56. The van der Waals surface area contributed by atoms with Gasteiger partial charge in [0.1, 0.15) is 5.75 Å². The van der Waals surface area contributed by atoms with E-state index in [9.17, 15) is 18.0 Å². The largest absolute Gasteiger partial charge is 0.496 e. The van der Waals surface area contributed by atoms with E-state index in [1.54, 1.807) is 0 Å². The molecule has 7 heteroatoms. The van der Waals surface area contributed by atoms with Crippen LogP contribution in [0.5, 0.6) is 5.75 Å². The molecule has 1 aromatic carbocycles. The number of hydrogen-bond acceptors (Lipinski definition) is 2. The van der Waals surface area contributed by atoms with Gasteiger partial charge in [-0.05, 0) is 12.1 Å². The summed E-state index contributed by atoms with van der Waals surface area (Å²) in [5.74, 6) is -1.62. The molecule has 96 valence electrons. The van der Waals surface area contributed by atoms with E-state index in [0.29, 0.717) is 0 Å². The van der Waals surface area contributed by atoms with Crippen LogP contribution in [0.25, 0.3) is 10.9 Å². The fourth-order valence-corrected chi connectivity index (χ4v) is 1.72. The van der Waals surface area contributed by atoms with Gasteiger partial charge in [-0.2, -0.15) is 13.2 Å². The smallest absolute Gasteiger partial charge is 0.420 e. The number of carbonyl (C=O) groups is 1. The fourth-order valence-electron chi connectivity index (χ4n) is 1.72. The van der Waals surface area contributed by atoms with Crippen molar-refractivity contribution < 1.29 is 27.8 Å². The van der Waals surface area contributed by atoms with Crippen LogP contribution in [0.2, 0.25) is 0 Å². The molecule has 2 aromatic rings. The number of ether oxygens (including phenoxy) is 1. The first-order chi connectivity index (χ1) is 8.34. The Bertz CT molecular complexity index is 616. The Kier molecular flexibility index (Phi) is 2.68. The van der Waals surface area contributed by atoms with Crippen molar-refractivity contribution in [1.29, 1.82) is 0 Å². The summed E-state index contributed by atoms with van der Waals surface area (Å²) in [5.41, 5.74) is -0.950. The molecule has 0 aliphatic heterocycles. The van der Waals surface area contributed by atoms with E-state index in [-0.39, 0.29) is 16.5 Å². The summed E-state index contributed by atoms with van der Waals surface area (Å²) < 4.78 is 42.8. The molecule has 4 nitrogen and oxygen atoms in total. The van der Waals surface area contributed by atoms with Crippen molar-refractivity contribution in [3.63, 3.8) is 0 Å². The second-order valence-corrected chi connectivity index (χ2v) is 3.60. The topological polar surface area (TPSA) is 62.3 Å². The molecule has 0 aliphatic carbocycles. The van der Waals surface area contributed by atoms with E-state index >= 15 is 0 Å². The number of methoxy groups -OCH3 is 1. The summed E-state index contributed by atoms with van der Waals surface area (Å²) in [6.45, 7) is 0. The molecule has 0 radical (unpaired) electrons. The van der Waals surface area contributed by atoms with Crippen LogP contribution in [0, 0.1) is 0 Å². The zero-order chi connectivity index (χ0) is 13.5. The lowest BCUT2D eigenvalue weighted by Crippen LogP contribution is -2.07. The first-order valence-corrected chi connectivity index (χ1v) is 4.84. The number of aromatic carboxylic acids is 1. The van der Waals surface area contributed by atoms with Crippen LogP contribution >= 0.6 is 0 Å². The maximum atomic E-state index is 12.7. The zero-order valence-electron chi connectivity index (χ0n) is 9.13. The van der Waals surface area contributed by atoms with E-state index in [2.05, 4.69) is 9.72 Å². The molecular weight excluding hydrogens is 251 g/mol. The van der Waals surface area contributed by atoms with Gasteiger partial charge in [0.25, 0.3) is 0 Å². The Morgan fingerprint density at radius 1 is 1.39 bits per heavy atom. The second-order valence-electron chi connectivity index (χ2n) is 3.60. The molecule has 18 heavy (non-hydrogen) atoms. The Hall–Kier alpha value is -2.18. The number of nitrogens with one attached hydrogen (secondary N) is 1. The van der Waals surface area contributed by atoms with Gasteiger partial charge in [0, 0.05) is 17.1 Å². The third-order valence-electron chi connectivity index (χ3n) is 2.54. The van der Waals surface area contributed by atoms with Gasteiger partial charge in [-0.25, -0.2) is 4.79 Å². The predicted octanol–water partition coefficient (Wildman–Crippen LogP) is 2.89. The van der Waals surface area contributed by atoms with Crippen LogP contribution in [-0.2, 0) is 6.18 Å². The first kappa shape index (κ1) is 12.3. The van der Waals surface area contributed by atoms with Gasteiger partial charge in [-0.15, -0.1) is 0 Å². The van der Waals surface area contributed by atoms with Crippen LogP contribution in [0.4, 0.5) is 13.2 Å². The standard InChI is InChI=1S/C11H8F3NO3/c1-18-9-2-5-6(10(16)17)4-15-8(5)3-7(9)11(12,13)14/h2-4,15H,1H3,(H,16,17). The van der Waals surface area contributed by atoms with Crippen LogP contribution in [0.15, 0.2) is 18.3 Å². The number of halogens is 3. The molecule has 0 bridgehead atoms. The van der Waals surface area contributed by atoms with Crippen molar-refractivity contribution in [1.82, 2.24) is 4.98 Å². The van der Waals surface area contributed by atoms with Crippen molar-refractivity contribution in [3.05, 3.63) is 29.5 Å². The van der Waals surface area contributed by atoms with E-state index in [1.165, 1.54) is 0 Å². The Labute approximate surface area is 99.0 Å². The third-order valence-corrected chi connectivity index (χ3v) is 2.54. The van der Waals surface area contributed by atoms with Crippen LogP contribution < -0.4 is 4.74 Å². The van der Waals surface area contributed by atoms with Crippen molar-refractivity contribution >= 4 is 16.9 Å². The fraction of sp³-hybridized carbons (Fsp3) is 0.182. The molecule has 2 N–H and O–H groups in total. The van der Waals surface area contributed by atoms with Crippen molar-refractivity contribution in [2.24, 2.45) is 0 Å². The predicted molar refractivity (Wildman–Crippen MR) is 56.8 cm³/mol. The van der Waals surface area contributed by atoms with Crippen molar-refractivity contribution in [2.45, 2.75) is 6.18 Å². The highest BCUT2D eigenvalue weighted by Crippen LogP contribution is 2.39. The number of H-pyrrole nitrogens is 1. The molecule has 1 aromatic heterocycles. The molecule has 0 atom stereocenters. The highest BCUT2D eigenvalue weighted by atomic mass is 19.4. The van der Waals surface area contributed by atoms with E-state index in [1.807, 2.05) is 0 Å². The molecule has 0 saturated heterocycles. The molecule has 0 unspecified atom stereocenters. The number of benzene rings is 1. The molecule has 0 aliphatic rings. The zero-order valence-corrected chi connectivity index (χ0v) is 9.13. The molecule has 0 amide bonds. The summed E-state index contributed by atoms with van der Waals surface area (Å²) in [6.07, 6.45) is -3.42. The number of aromatic amines is 1. The normalized spacial score (nSPS) is 11.8. The Morgan fingerprint density at radius 2 is 2.06 bits per heavy atom. The number of fused-ring (bicyclic) bond motifs is 1. The minimum Gasteiger partial charge on any atom is -0.496 e. The Balaban J connectivity index is 2.75. The van der Waals surface area contributed by atoms with Gasteiger partial charge in [0.05, 0.1) is 18.2 Å². The number of aromatic nitrogens is 1. The van der Waals surface area contributed by atoms with Crippen molar-refractivity contribution in [2.75, 3.05) is 7.11 Å². The number of carboxylic acids is 1. The van der Waals surface area contributed by atoms with E-state index in [0.717, 1.165) is 25.4 Å². The highest BCUT2D eigenvalue weighted by Gasteiger charge is 2.35. The Morgan fingerprint density at radius 3 is 2.56 bits per heavy atom. The molecule has 0 fully saturated rings. The number of hydrogen-bond donors (Lipinski definition) is 2. The molecular formula is C11H8F3NO3. The average molecular weight is 259 g/mol. The van der Waals surface area contributed by atoms with E-state index < -0.39 is 23.5 Å². The monoisotopic (exact) mass is 259 g/mol. The first-order valence-electron chi connectivity index (χ1n) is 4.84. The lowest BCUT2D eigenvalue weighted by Gasteiger charge is -2.12. The van der Waals surface area contributed by atoms with Gasteiger partial charge < -0.3 is 14.8 Å². The molecule has 0 spiro atoms. The van der Waals surface area contributed by atoms with E-state index in [4.69, 9.17) is 5.11 Å². The summed E-state index contributed by atoms with van der Waals surface area (Å²) in [7, 11) is 1.10. The van der Waals surface area contributed by atoms with Gasteiger partial charge >= 0.3 is 12.1 Å². The lowest BCUT2D eigenvalue weighted by atomic mass is 10.1. The summed E-state index contributed by atoms with van der Waals surface area (Å²) >= 11 is 0. The summed E-state index contributed by atoms with van der Waals surface area (Å²) in [4.78, 5) is 13.4. The van der Waals surface area contributed by atoms with Crippen LogP contribution in [-0.4, -0.2) is 23.2 Å². The van der Waals surface area contributed by atoms with Crippen LogP contribution in [0.1, 0.15) is 15.9 Å². The maximum Gasteiger partial charge on any atom is 0.420 e. The minimum absolute atomic E-state index is 0.0977. The van der Waals surface area contributed by atoms with Crippen LogP contribution in [0.3, 0.4) is 0 Å². The average Bonchev–Trinajstić information content (AvgIpc) is 2.68. The third kappa shape index (κ3) is 1.87.